The fraction of sp³-hybridized carbons (Fsp3) is 0.875. The van der Waals surface area contributed by atoms with Gasteiger partial charge in [0.2, 0.25) is 0 Å². The van der Waals surface area contributed by atoms with Crippen LogP contribution in [0.1, 0.15) is 25.7 Å². The van der Waals surface area contributed by atoms with Crippen molar-refractivity contribution in [3.63, 3.8) is 0 Å². The van der Waals surface area contributed by atoms with Crippen molar-refractivity contribution in [3.8, 4) is 0 Å². The summed E-state index contributed by atoms with van der Waals surface area (Å²) in [6, 6.07) is 0. The topological polar surface area (TPSA) is 109 Å². The Morgan fingerprint density at radius 3 is 2.27 bits per heavy atom. The van der Waals surface area contributed by atoms with Gasteiger partial charge in [-0.2, -0.15) is 8.42 Å². The first kappa shape index (κ1) is 12.4. The van der Waals surface area contributed by atoms with E-state index in [0.717, 1.165) is 12.8 Å². The molecule has 0 saturated heterocycles. The number of nitrogens with two attached hydrogens (primary N) is 1. The third kappa shape index (κ3) is 4.59. The number of rotatable bonds is 4. The number of carboxylic acids is 1. The number of aliphatic carboxylic acids is 1. The average molecular weight is 236 g/mol. The molecule has 4 N–H and O–H groups in total. The SMILES string of the molecule is NS(=O)(=O)NCC1CCC(C(=O)O)CC1. The van der Waals surface area contributed by atoms with Crippen LogP contribution >= 0.6 is 0 Å². The number of carbonyl (C=O) groups is 1. The van der Waals surface area contributed by atoms with Gasteiger partial charge in [0.15, 0.2) is 0 Å². The van der Waals surface area contributed by atoms with Crippen LogP contribution in [0.3, 0.4) is 0 Å². The molecule has 0 radical (unpaired) electrons. The lowest BCUT2D eigenvalue weighted by Gasteiger charge is -2.25. The maximum Gasteiger partial charge on any atom is 0.306 e. The average Bonchev–Trinajstić information content (AvgIpc) is 2.14. The highest BCUT2D eigenvalue weighted by Gasteiger charge is 2.26. The molecule has 6 nitrogen and oxygen atoms in total. The van der Waals surface area contributed by atoms with Gasteiger partial charge in [-0.05, 0) is 31.6 Å². The van der Waals surface area contributed by atoms with E-state index >= 15 is 0 Å². The highest BCUT2D eigenvalue weighted by atomic mass is 32.2. The molecule has 0 atom stereocenters. The monoisotopic (exact) mass is 236 g/mol. The number of carboxylic acid groups (broad SMARTS) is 1. The van der Waals surface area contributed by atoms with Crippen LogP contribution in [0.2, 0.25) is 0 Å². The summed E-state index contributed by atoms with van der Waals surface area (Å²) >= 11 is 0. The fourth-order valence-electron chi connectivity index (χ4n) is 1.85. The van der Waals surface area contributed by atoms with Gasteiger partial charge in [0.05, 0.1) is 5.92 Å². The second-order valence-corrected chi connectivity index (χ2v) is 5.33. The van der Waals surface area contributed by atoms with Crippen LogP contribution in [-0.2, 0) is 15.0 Å². The van der Waals surface area contributed by atoms with Gasteiger partial charge in [-0.1, -0.05) is 0 Å². The molecule has 1 rings (SSSR count). The molecule has 15 heavy (non-hydrogen) atoms. The minimum absolute atomic E-state index is 0.207. The molecule has 1 aliphatic rings. The van der Waals surface area contributed by atoms with E-state index < -0.39 is 16.2 Å². The molecular weight excluding hydrogens is 220 g/mol. The Hall–Kier alpha value is -0.660. The van der Waals surface area contributed by atoms with E-state index in [2.05, 4.69) is 4.72 Å². The molecule has 0 heterocycles. The summed E-state index contributed by atoms with van der Waals surface area (Å²) in [7, 11) is -3.62. The first-order valence-electron chi connectivity index (χ1n) is 4.88. The molecule has 0 unspecified atom stereocenters. The molecule has 1 aliphatic carbocycles. The van der Waals surface area contributed by atoms with E-state index in [-0.39, 0.29) is 11.8 Å². The molecule has 1 saturated carbocycles. The lowest BCUT2D eigenvalue weighted by molar-refractivity contribution is -0.143. The van der Waals surface area contributed by atoms with Crippen molar-refractivity contribution in [2.24, 2.45) is 17.0 Å². The quantitative estimate of drug-likeness (QED) is 0.620. The zero-order valence-corrected chi connectivity index (χ0v) is 9.16. The van der Waals surface area contributed by atoms with Crippen LogP contribution < -0.4 is 9.86 Å². The van der Waals surface area contributed by atoms with Crippen LogP contribution in [-0.4, -0.2) is 26.0 Å². The van der Waals surface area contributed by atoms with Gasteiger partial charge in [-0.25, -0.2) is 9.86 Å². The van der Waals surface area contributed by atoms with Crippen molar-refractivity contribution in [1.82, 2.24) is 4.72 Å². The van der Waals surface area contributed by atoms with E-state index in [1.54, 1.807) is 0 Å². The fourth-order valence-corrected chi connectivity index (χ4v) is 2.32. The molecule has 0 aromatic heterocycles. The summed E-state index contributed by atoms with van der Waals surface area (Å²) in [5.41, 5.74) is 0. The van der Waals surface area contributed by atoms with E-state index in [1.807, 2.05) is 0 Å². The standard InChI is InChI=1S/C8H16N2O4S/c9-15(13,14)10-5-6-1-3-7(4-2-6)8(11)12/h6-7,10H,1-5H2,(H,11,12)(H2,9,13,14). The summed E-state index contributed by atoms with van der Waals surface area (Å²) in [6.07, 6.45) is 2.71. The Morgan fingerprint density at radius 1 is 1.33 bits per heavy atom. The first-order valence-corrected chi connectivity index (χ1v) is 6.43. The van der Waals surface area contributed by atoms with E-state index in [9.17, 15) is 13.2 Å². The predicted octanol–water partition coefficient (Wildman–Crippen LogP) is -0.329. The third-order valence-electron chi connectivity index (χ3n) is 2.77. The van der Waals surface area contributed by atoms with Crippen molar-refractivity contribution in [3.05, 3.63) is 0 Å². The van der Waals surface area contributed by atoms with Gasteiger partial charge in [-0.15, -0.1) is 0 Å². The second kappa shape index (κ2) is 4.91. The van der Waals surface area contributed by atoms with Gasteiger partial charge in [0, 0.05) is 6.54 Å². The number of hydrogen-bond acceptors (Lipinski definition) is 3. The van der Waals surface area contributed by atoms with Gasteiger partial charge in [0.25, 0.3) is 10.2 Å². The Labute approximate surface area is 89.0 Å². The minimum atomic E-state index is -3.62. The van der Waals surface area contributed by atoms with E-state index in [4.69, 9.17) is 10.2 Å². The summed E-state index contributed by atoms with van der Waals surface area (Å²) in [6.45, 7) is 0.311. The number of nitrogens with one attached hydrogen (secondary N) is 1. The van der Waals surface area contributed by atoms with Crippen LogP contribution in [0.15, 0.2) is 0 Å². The lowest BCUT2D eigenvalue weighted by Crippen LogP contribution is -2.36. The van der Waals surface area contributed by atoms with Gasteiger partial charge >= 0.3 is 5.97 Å². The first-order chi connectivity index (χ1) is 6.88. The molecule has 0 aromatic carbocycles. The Bertz CT molecular complexity index is 320. The molecule has 0 bridgehead atoms. The molecular formula is C8H16N2O4S. The lowest BCUT2D eigenvalue weighted by atomic mass is 9.82. The van der Waals surface area contributed by atoms with Crippen molar-refractivity contribution in [1.29, 1.82) is 0 Å². The van der Waals surface area contributed by atoms with Crippen LogP contribution in [0.5, 0.6) is 0 Å². The number of hydrogen-bond donors (Lipinski definition) is 3. The van der Waals surface area contributed by atoms with Crippen LogP contribution in [0.4, 0.5) is 0 Å². The van der Waals surface area contributed by atoms with E-state index in [0.29, 0.717) is 19.4 Å². The van der Waals surface area contributed by atoms with Crippen molar-refractivity contribution >= 4 is 16.2 Å². The Balaban J connectivity index is 2.29. The Kier molecular flexibility index (Phi) is 4.06. The molecule has 88 valence electrons. The van der Waals surface area contributed by atoms with Crippen molar-refractivity contribution in [2.45, 2.75) is 25.7 Å². The van der Waals surface area contributed by atoms with Crippen LogP contribution in [0, 0.1) is 11.8 Å². The van der Waals surface area contributed by atoms with Gasteiger partial charge < -0.3 is 5.11 Å². The highest BCUT2D eigenvalue weighted by molar-refractivity contribution is 7.87. The molecule has 0 amide bonds. The maximum absolute atomic E-state index is 10.6. The summed E-state index contributed by atoms with van der Waals surface area (Å²) in [5.74, 6) is -0.817. The van der Waals surface area contributed by atoms with Crippen LogP contribution in [0.25, 0.3) is 0 Å². The van der Waals surface area contributed by atoms with E-state index in [1.165, 1.54) is 0 Å². The smallest absolute Gasteiger partial charge is 0.306 e. The molecule has 7 heteroatoms. The second-order valence-electron chi connectivity index (χ2n) is 3.95. The zero-order valence-electron chi connectivity index (χ0n) is 8.35. The van der Waals surface area contributed by atoms with Crippen molar-refractivity contribution in [2.75, 3.05) is 6.54 Å². The van der Waals surface area contributed by atoms with Gasteiger partial charge in [-0.3, -0.25) is 4.79 Å². The van der Waals surface area contributed by atoms with Crippen molar-refractivity contribution < 1.29 is 18.3 Å². The predicted molar refractivity (Wildman–Crippen MR) is 54.2 cm³/mol. The summed E-state index contributed by atoms with van der Waals surface area (Å²) in [5, 5.41) is 13.5. The zero-order chi connectivity index (χ0) is 11.5. The Morgan fingerprint density at radius 2 is 1.87 bits per heavy atom. The maximum atomic E-state index is 10.6. The largest absolute Gasteiger partial charge is 0.481 e. The summed E-state index contributed by atoms with van der Waals surface area (Å²) in [4.78, 5) is 10.6. The minimum Gasteiger partial charge on any atom is -0.481 e. The third-order valence-corrected chi connectivity index (χ3v) is 3.34. The van der Waals surface area contributed by atoms with Gasteiger partial charge in [0.1, 0.15) is 0 Å². The highest BCUT2D eigenvalue weighted by Crippen LogP contribution is 2.28. The molecule has 0 aliphatic heterocycles. The summed E-state index contributed by atoms with van der Waals surface area (Å²) < 4.78 is 23.5. The normalized spacial score (nSPS) is 27.5. The molecule has 0 spiro atoms. The molecule has 1 fully saturated rings. The molecule has 0 aromatic rings.